The smallest absolute Gasteiger partial charge is 0.276 e. The molecule has 0 saturated carbocycles. The lowest BCUT2D eigenvalue weighted by Crippen LogP contribution is -2.04. The highest BCUT2D eigenvalue weighted by molar-refractivity contribution is 6.33. The molecule has 0 atom stereocenters. The van der Waals surface area contributed by atoms with Gasteiger partial charge in [0.25, 0.3) is 5.69 Å². The zero-order valence-electron chi connectivity index (χ0n) is 11.7. The summed E-state index contributed by atoms with van der Waals surface area (Å²) < 4.78 is 0. The molecule has 0 amide bonds. The maximum absolute atomic E-state index is 11.0. The number of benzene rings is 1. The van der Waals surface area contributed by atoms with E-state index in [0.29, 0.717) is 28.9 Å². The quantitative estimate of drug-likeness (QED) is 0.641. The fourth-order valence-electron chi connectivity index (χ4n) is 1.88. The third-order valence-corrected chi connectivity index (χ3v) is 3.17. The van der Waals surface area contributed by atoms with Crippen LogP contribution >= 0.6 is 11.6 Å². The molecule has 1 aromatic carbocycles. The zero-order valence-corrected chi connectivity index (χ0v) is 12.4. The van der Waals surface area contributed by atoms with Crippen LogP contribution in [0, 0.1) is 17.0 Å². The van der Waals surface area contributed by atoms with Gasteiger partial charge in [-0.05, 0) is 25.5 Å². The van der Waals surface area contributed by atoms with Crippen LogP contribution in [0.1, 0.15) is 12.5 Å². The van der Waals surface area contributed by atoms with Crippen molar-refractivity contribution in [1.29, 1.82) is 0 Å². The molecule has 1 aromatic heterocycles. The van der Waals surface area contributed by atoms with Crippen molar-refractivity contribution in [3.05, 3.63) is 51.0 Å². The Hall–Kier alpha value is -2.34. The van der Waals surface area contributed by atoms with Crippen molar-refractivity contribution in [2.45, 2.75) is 13.8 Å². The third-order valence-electron chi connectivity index (χ3n) is 2.85. The summed E-state index contributed by atoms with van der Waals surface area (Å²) in [6.45, 7) is 4.42. The summed E-state index contributed by atoms with van der Waals surface area (Å²) in [5, 5.41) is 17.5. The van der Waals surface area contributed by atoms with Crippen molar-refractivity contribution >= 4 is 34.6 Å². The van der Waals surface area contributed by atoms with Crippen LogP contribution in [0.4, 0.5) is 23.0 Å². The molecular weight excluding hydrogens is 292 g/mol. The molecule has 110 valence electrons. The summed E-state index contributed by atoms with van der Waals surface area (Å²) in [5.74, 6) is 0.815. The molecule has 0 unspecified atom stereocenters. The second-order valence-corrected chi connectivity index (χ2v) is 4.85. The van der Waals surface area contributed by atoms with E-state index >= 15 is 0 Å². The van der Waals surface area contributed by atoms with Gasteiger partial charge < -0.3 is 10.6 Å². The van der Waals surface area contributed by atoms with E-state index in [2.05, 4.69) is 15.6 Å². The van der Waals surface area contributed by atoms with E-state index in [1.54, 1.807) is 6.07 Å². The predicted octanol–water partition coefficient (Wildman–Crippen LogP) is 4.13. The van der Waals surface area contributed by atoms with Gasteiger partial charge in [-0.25, -0.2) is 4.98 Å². The molecule has 0 bridgehead atoms. The monoisotopic (exact) mass is 306 g/mol. The standard InChI is InChI=1S/C14H15ClN4O2/c1-3-16-12-7-10(19(20)21)8-13(17-12)18-14-9(2)5-4-6-11(14)15/h4-8H,3H2,1-2H3,(H2,16,17,18). The van der Waals surface area contributed by atoms with Gasteiger partial charge in [-0.15, -0.1) is 0 Å². The number of para-hydroxylation sites is 1. The summed E-state index contributed by atoms with van der Waals surface area (Å²) in [7, 11) is 0. The SMILES string of the molecule is CCNc1cc([N+](=O)[O-])cc(Nc2c(C)cccc2Cl)n1. The lowest BCUT2D eigenvalue weighted by atomic mass is 10.2. The summed E-state index contributed by atoms with van der Waals surface area (Å²) >= 11 is 6.14. The molecule has 2 rings (SSSR count). The number of nitro groups is 1. The van der Waals surface area contributed by atoms with Crippen LogP contribution in [-0.2, 0) is 0 Å². The fraction of sp³-hybridized carbons (Fsp3) is 0.214. The van der Waals surface area contributed by atoms with E-state index in [9.17, 15) is 10.1 Å². The molecule has 0 radical (unpaired) electrons. The van der Waals surface area contributed by atoms with Gasteiger partial charge in [0.05, 0.1) is 27.8 Å². The number of anilines is 3. The van der Waals surface area contributed by atoms with Crippen LogP contribution in [0.5, 0.6) is 0 Å². The number of aryl methyl sites for hydroxylation is 1. The van der Waals surface area contributed by atoms with E-state index in [1.807, 2.05) is 26.0 Å². The van der Waals surface area contributed by atoms with Crippen molar-refractivity contribution < 1.29 is 4.92 Å². The molecule has 0 saturated heterocycles. The molecule has 21 heavy (non-hydrogen) atoms. The largest absolute Gasteiger partial charge is 0.370 e. The molecule has 0 spiro atoms. The number of hydrogen-bond donors (Lipinski definition) is 2. The van der Waals surface area contributed by atoms with Crippen molar-refractivity contribution in [1.82, 2.24) is 4.98 Å². The molecule has 7 heteroatoms. The van der Waals surface area contributed by atoms with Crippen LogP contribution in [-0.4, -0.2) is 16.5 Å². The summed E-state index contributed by atoms with van der Waals surface area (Å²) in [4.78, 5) is 14.8. The Morgan fingerprint density at radius 2 is 2.05 bits per heavy atom. The van der Waals surface area contributed by atoms with Crippen LogP contribution in [0.2, 0.25) is 5.02 Å². The fourth-order valence-corrected chi connectivity index (χ4v) is 2.14. The van der Waals surface area contributed by atoms with E-state index in [0.717, 1.165) is 5.56 Å². The van der Waals surface area contributed by atoms with E-state index in [4.69, 9.17) is 11.6 Å². The zero-order chi connectivity index (χ0) is 15.4. The highest BCUT2D eigenvalue weighted by Crippen LogP contribution is 2.30. The number of nitrogens with one attached hydrogen (secondary N) is 2. The molecule has 2 aromatic rings. The van der Waals surface area contributed by atoms with Gasteiger partial charge in [-0.3, -0.25) is 10.1 Å². The number of hydrogen-bond acceptors (Lipinski definition) is 5. The Labute approximate surface area is 127 Å². The number of pyridine rings is 1. The lowest BCUT2D eigenvalue weighted by Gasteiger charge is -2.12. The molecule has 0 aliphatic rings. The van der Waals surface area contributed by atoms with Gasteiger partial charge in [-0.1, -0.05) is 23.7 Å². The van der Waals surface area contributed by atoms with Crippen molar-refractivity contribution in [3.63, 3.8) is 0 Å². The van der Waals surface area contributed by atoms with Crippen LogP contribution in [0.15, 0.2) is 30.3 Å². The normalized spacial score (nSPS) is 10.2. The molecule has 6 nitrogen and oxygen atoms in total. The molecular formula is C14H15ClN4O2. The summed E-state index contributed by atoms with van der Waals surface area (Å²) in [5.41, 5.74) is 1.59. The predicted molar refractivity (Wildman–Crippen MR) is 84.5 cm³/mol. The summed E-state index contributed by atoms with van der Waals surface area (Å²) in [6, 6.07) is 8.27. The van der Waals surface area contributed by atoms with Gasteiger partial charge in [0, 0.05) is 6.54 Å². The van der Waals surface area contributed by atoms with Gasteiger partial charge in [0.15, 0.2) is 0 Å². The number of nitrogens with zero attached hydrogens (tertiary/aromatic N) is 2. The van der Waals surface area contributed by atoms with Gasteiger partial charge >= 0.3 is 0 Å². The second-order valence-electron chi connectivity index (χ2n) is 4.44. The van der Waals surface area contributed by atoms with E-state index < -0.39 is 4.92 Å². The molecule has 1 heterocycles. The molecule has 2 N–H and O–H groups in total. The second kappa shape index (κ2) is 6.41. The average molecular weight is 307 g/mol. The third kappa shape index (κ3) is 3.61. The minimum Gasteiger partial charge on any atom is -0.370 e. The molecule has 0 aliphatic heterocycles. The Bertz CT molecular complexity index is 656. The Balaban J connectivity index is 2.41. The van der Waals surface area contributed by atoms with Crippen molar-refractivity contribution in [3.8, 4) is 0 Å². The Kier molecular flexibility index (Phi) is 4.59. The van der Waals surface area contributed by atoms with Crippen LogP contribution in [0.3, 0.4) is 0 Å². The minimum absolute atomic E-state index is 0.0341. The van der Waals surface area contributed by atoms with Crippen LogP contribution in [0.25, 0.3) is 0 Å². The lowest BCUT2D eigenvalue weighted by molar-refractivity contribution is -0.384. The van der Waals surface area contributed by atoms with E-state index in [-0.39, 0.29) is 5.69 Å². The van der Waals surface area contributed by atoms with Crippen molar-refractivity contribution in [2.75, 3.05) is 17.2 Å². The maximum atomic E-state index is 11.0. The number of halogens is 1. The first-order chi connectivity index (χ1) is 10.0. The van der Waals surface area contributed by atoms with Crippen LogP contribution < -0.4 is 10.6 Å². The Morgan fingerprint density at radius 1 is 1.33 bits per heavy atom. The summed E-state index contributed by atoms with van der Waals surface area (Å²) in [6.07, 6.45) is 0. The minimum atomic E-state index is -0.451. The van der Waals surface area contributed by atoms with Gasteiger partial charge in [0.1, 0.15) is 11.6 Å². The molecule has 0 aliphatic carbocycles. The first-order valence-electron chi connectivity index (χ1n) is 6.43. The van der Waals surface area contributed by atoms with Crippen molar-refractivity contribution in [2.24, 2.45) is 0 Å². The van der Waals surface area contributed by atoms with Gasteiger partial charge in [-0.2, -0.15) is 0 Å². The topological polar surface area (TPSA) is 80.1 Å². The Morgan fingerprint density at radius 3 is 2.67 bits per heavy atom. The first kappa shape index (κ1) is 15.1. The number of rotatable bonds is 5. The van der Waals surface area contributed by atoms with E-state index in [1.165, 1.54) is 12.1 Å². The first-order valence-corrected chi connectivity index (χ1v) is 6.81. The average Bonchev–Trinajstić information content (AvgIpc) is 2.43. The molecule has 0 fully saturated rings. The highest BCUT2D eigenvalue weighted by Gasteiger charge is 2.12. The number of aromatic nitrogens is 1. The maximum Gasteiger partial charge on any atom is 0.276 e. The van der Waals surface area contributed by atoms with Gasteiger partial charge in [0.2, 0.25) is 0 Å². The highest BCUT2D eigenvalue weighted by atomic mass is 35.5.